The number of nitrogens with zero attached hydrogens (tertiary/aromatic N) is 1. The van der Waals surface area contributed by atoms with Crippen molar-refractivity contribution in [3.63, 3.8) is 0 Å². The summed E-state index contributed by atoms with van der Waals surface area (Å²) in [5, 5.41) is 19.2. The summed E-state index contributed by atoms with van der Waals surface area (Å²) in [4.78, 5) is 13.9. The molecule has 4 rings (SSSR count). The van der Waals surface area contributed by atoms with Gasteiger partial charge in [-0.15, -0.1) is 0 Å². The summed E-state index contributed by atoms with van der Waals surface area (Å²) in [7, 11) is 0. The van der Waals surface area contributed by atoms with E-state index >= 15 is 0 Å². The first-order valence-electron chi connectivity index (χ1n) is 8.61. The summed E-state index contributed by atoms with van der Waals surface area (Å²) in [6.45, 7) is 0.395. The van der Waals surface area contributed by atoms with Gasteiger partial charge in [-0.3, -0.25) is 0 Å². The monoisotopic (exact) mass is 339 g/mol. The fourth-order valence-corrected chi connectivity index (χ4v) is 3.96. The van der Waals surface area contributed by atoms with Gasteiger partial charge in [-0.2, -0.15) is 0 Å². The Labute approximate surface area is 146 Å². The van der Waals surface area contributed by atoms with Crippen molar-refractivity contribution in [2.45, 2.75) is 24.5 Å². The Morgan fingerprint density at radius 1 is 1.08 bits per heavy atom. The van der Waals surface area contributed by atoms with E-state index in [0.717, 1.165) is 11.1 Å². The number of amides is 1. The number of ether oxygens (including phenoxy) is 1. The molecule has 0 saturated carbocycles. The summed E-state index contributed by atoms with van der Waals surface area (Å²) in [5.74, 6) is 0.0106. The van der Waals surface area contributed by atoms with Crippen molar-refractivity contribution in [3.05, 3.63) is 59.7 Å². The van der Waals surface area contributed by atoms with E-state index in [2.05, 4.69) is 24.3 Å². The molecule has 1 heterocycles. The van der Waals surface area contributed by atoms with Crippen LogP contribution in [0.5, 0.6) is 0 Å². The second-order valence-corrected chi connectivity index (χ2v) is 6.60. The molecular weight excluding hydrogens is 318 g/mol. The molecule has 2 atom stereocenters. The van der Waals surface area contributed by atoms with Gasteiger partial charge in [0.25, 0.3) is 0 Å². The molecule has 0 radical (unpaired) electrons. The van der Waals surface area contributed by atoms with Crippen LogP contribution in [-0.2, 0) is 4.74 Å². The minimum absolute atomic E-state index is 0.0106. The van der Waals surface area contributed by atoms with Gasteiger partial charge in [-0.25, -0.2) is 4.79 Å². The molecule has 5 nitrogen and oxygen atoms in total. The number of hydrogen-bond donors (Lipinski definition) is 2. The van der Waals surface area contributed by atoms with Crippen molar-refractivity contribution in [1.29, 1.82) is 0 Å². The summed E-state index contributed by atoms with van der Waals surface area (Å²) >= 11 is 0. The van der Waals surface area contributed by atoms with Gasteiger partial charge in [0.15, 0.2) is 0 Å². The van der Waals surface area contributed by atoms with Gasteiger partial charge in [0.05, 0.1) is 18.8 Å². The van der Waals surface area contributed by atoms with E-state index < -0.39 is 18.2 Å². The third kappa shape index (κ3) is 2.69. The van der Waals surface area contributed by atoms with Crippen LogP contribution in [0.2, 0.25) is 0 Å². The quantitative estimate of drug-likeness (QED) is 0.901. The number of aliphatic hydroxyl groups excluding tert-OH is 2. The van der Waals surface area contributed by atoms with Gasteiger partial charge >= 0.3 is 6.09 Å². The minimum Gasteiger partial charge on any atom is -0.448 e. The maximum absolute atomic E-state index is 12.4. The highest BCUT2D eigenvalue weighted by atomic mass is 16.6. The van der Waals surface area contributed by atoms with E-state index in [9.17, 15) is 15.0 Å². The van der Waals surface area contributed by atoms with E-state index in [0.29, 0.717) is 13.0 Å². The van der Waals surface area contributed by atoms with E-state index in [1.165, 1.54) is 16.0 Å². The van der Waals surface area contributed by atoms with E-state index in [1.54, 1.807) is 0 Å². The van der Waals surface area contributed by atoms with Gasteiger partial charge in [0.1, 0.15) is 6.61 Å². The number of carbonyl (C=O) groups excluding carboxylic acids is 1. The zero-order chi connectivity index (χ0) is 17.4. The van der Waals surface area contributed by atoms with Crippen LogP contribution >= 0.6 is 0 Å². The highest BCUT2D eigenvalue weighted by Gasteiger charge is 2.37. The highest BCUT2D eigenvalue weighted by Crippen LogP contribution is 2.44. The van der Waals surface area contributed by atoms with Crippen molar-refractivity contribution in [3.8, 4) is 11.1 Å². The molecule has 2 N–H and O–H groups in total. The number of fused-ring (bicyclic) bond motifs is 3. The van der Waals surface area contributed by atoms with Gasteiger partial charge in [-0.05, 0) is 28.7 Å². The minimum atomic E-state index is -0.689. The van der Waals surface area contributed by atoms with Crippen LogP contribution in [0.15, 0.2) is 48.5 Å². The lowest BCUT2D eigenvalue weighted by Crippen LogP contribution is -2.42. The molecule has 2 aromatic rings. The number of carbonyl (C=O) groups is 1. The molecule has 2 aromatic carbocycles. The van der Waals surface area contributed by atoms with Gasteiger partial charge in [0, 0.05) is 12.5 Å². The molecule has 2 aliphatic rings. The largest absolute Gasteiger partial charge is 0.448 e. The van der Waals surface area contributed by atoms with Crippen LogP contribution in [-0.4, -0.2) is 53.1 Å². The SMILES string of the molecule is O=C(OCC1c2ccccc2-c2ccccc21)N1CC[C@H](O)[C@H]1CO. The molecule has 1 saturated heterocycles. The van der Waals surface area contributed by atoms with Crippen LogP contribution in [0.3, 0.4) is 0 Å². The Morgan fingerprint density at radius 3 is 2.28 bits per heavy atom. The lowest BCUT2D eigenvalue weighted by atomic mass is 9.98. The lowest BCUT2D eigenvalue weighted by molar-refractivity contribution is 0.0509. The van der Waals surface area contributed by atoms with Crippen LogP contribution < -0.4 is 0 Å². The predicted octanol–water partition coefficient (Wildman–Crippen LogP) is 2.36. The van der Waals surface area contributed by atoms with Crippen molar-refractivity contribution in [1.82, 2.24) is 4.90 Å². The predicted molar refractivity (Wildman–Crippen MR) is 93.3 cm³/mol. The van der Waals surface area contributed by atoms with Gasteiger partial charge < -0.3 is 19.8 Å². The van der Waals surface area contributed by atoms with Crippen molar-refractivity contribution in [2.75, 3.05) is 19.8 Å². The van der Waals surface area contributed by atoms with Gasteiger partial charge in [0.2, 0.25) is 0 Å². The number of aliphatic hydroxyl groups is 2. The number of hydrogen-bond acceptors (Lipinski definition) is 4. The van der Waals surface area contributed by atoms with Crippen molar-refractivity contribution < 1.29 is 19.7 Å². The number of likely N-dealkylation sites (tertiary alicyclic amines) is 1. The molecule has 5 heteroatoms. The topological polar surface area (TPSA) is 70.0 Å². The molecule has 0 bridgehead atoms. The fourth-order valence-electron chi connectivity index (χ4n) is 3.96. The summed E-state index contributed by atoms with van der Waals surface area (Å²) in [6.07, 6.45) is -0.696. The smallest absolute Gasteiger partial charge is 0.410 e. The second kappa shape index (κ2) is 6.50. The Balaban J connectivity index is 1.53. The Bertz CT molecular complexity index is 745. The van der Waals surface area contributed by atoms with Crippen LogP contribution in [0.1, 0.15) is 23.5 Å². The van der Waals surface area contributed by atoms with E-state index in [-0.39, 0.29) is 19.1 Å². The first-order valence-corrected chi connectivity index (χ1v) is 8.61. The molecule has 0 spiro atoms. The zero-order valence-electron chi connectivity index (χ0n) is 13.8. The van der Waals surface area contributed by atoms with E-state index in [4.69, 9.17) is 4.74 Å². The molecule has 0 unspecified atom stereocenters. The Kier molecular flexibility index (Phi) is 4.19. The summed E-state index contributed by atoms with van der Waals surface area (Å²) in [5.41, 5.74) is 4.70. The molecule has 0 aromatic heterocycles. The third-order valence-electron chi connectivity index (χ3n) is 5.27. The maximum Gasteiger partial charge on any atom is 0.410 e. The molecule has 1 fully saturated rings. The van der Waals surface area contributed by atoms with Crippen LogP contribution in [0.4, 0.5) is 4.79 Å². The molecule has 130 valence electrons. The normalized spacial score (nSPS) is 21.9. The molecule has 25 heavy (non-hydrogen) atoms. The first kappa shape index (κ1) is 16.1. The van der Waals surface area contributed by atoms with Crippen molar-refractivity contribution >= 4 is 6.09 Å². The highest BCUT2D eigenvalue weighted by molar-refractivity contribution is 5.79. The third-order valence-corrected chi connectivity index (χ3v) is 5.27. The molecule has 1 aliphatic carbocycles. The number of benzene rings is 2. The second-order valence-electron chi connectivity index (χ2n) is 6.60. The Morgan fingerprint density at radius 2 is 1.68 bits per heavy atom. The summed E-state index contributed by atoms with van der Waals surface area (Å²) < 4.78 is 5.57. The average Bonchev–Trinajstić information content (AvgIpc) is 3.18. The zero-order valence-corrected chi connectivity index (χ0v) is 13.8. The summed E-state index contributed by atoms with van der Waals surface area (Å²) in [6, 6.07) is 15.8. The van der Waals surface area contributed by atoms with Crippen LogP contribution in [0, 0.1) is 0 Å². The van der Waals surface area contributed by atoms with E-state index in [1.807, 2.05) is 24.3 Å². The average molecular weight is 339 g/mol. The molecule has 1 amide bonds. The van der Waals surface area contributed by atoms with Crippen LogP contribution in [0.25, 0.3) is 11.1 Å². The Hall–Kier alpha value is -2.37. The first-order chi connectivity index (χ1) is 12.2. The standard InChI is InChI=1S/C20H21NO4/c22-11-18-19(23)9-10-21(18)20(24)25-12-17-15-7-3-1-5-13(15)14-6-2-4-8-16(14)17/h1-8,17-19,22-23H,9-12H2/t18-,19+/m1/s1. The lowest BCUT2D eigenvalue weighted by Gasteiger charge is -2.24. The maximum atomic E-state index is 12.4. The van der Waals surface area contributed by atoms with Crippen molar-refractivity contribution in [2.24, 2.45) is 0 Å². The molecule has 1 aliphatic heterocycles. The van der Waals surface area contributed by atoms with Gasteiger partial charge in [-0.1, -0.05) is 48.5 Å². The molecular formula is C20H21NO4. The fraction of sp³-hybridized carbons (Fsp3) is 0.350. The number of rotatable bonds is 3.